The van der Waals surface area contributed by atoms with Gasteiger partial charge in [-0.3, -0.25) is 14.4 Å². The van der Waals surface area contributed by atoms with Crippen molar-refractivity contribution in [2.75, 3.05) is 44.3 Å². The molecule has 1 N–H and O–H groups in total. The molecule has 2 bridgehead atoms. The summed E-state index contributed by atoms with van der Waals surface area (Å²) in [6, 6.07) is 6.67. The average Bonchev–Trinajstić information content (AvgIpc) is 3.52. The van der Waals surface area contributed by atoms with Gasteiger partial charge in [0.05, 0.1) is 29.8 Å². The fourth-order valence-corrected chi connectivity index (χ4v) is 9.45. The number of aliphatic hydroxyl groups excluding tert-OH is 1. The van der Waals surface area contributed by atoms with Gasteiger partial charge in [0.25, 0.3) is 0 Å². The molecular weight excluding hydrogens is 538 g/mol. The molecule has 3 heterocycles. The van der Waals surface area contributed by atoms with E-state index in [9.17, 15) is 19.5 Å². The van der Waals surface area contributed by atoms with Crippen LogP contribution in [-0.2, 0) is 14.4 Å². The maximum atomic E-state index is 14.5. The molecule has 8 nitrogen and oxygen atoms in total. The number of hydrogen-bond acceptors (Lipinski definition) is 6. The third-order valence-corrected chi connectivity index (χ3v) is 10.8. The zero-order valence-corrected chi connectivity index (χ0v) is 25.5. The summed E-state index contributed by atoms with van der Waals surface area (Å²) in [4.78, 5) is 48.0. The summed E-state index contributed by atoms with van der Waals surface area (Å²) >= 11 is 1.65. The molecule has 1 aromatic rings. The van der Waals surface area contributed by atoms with E-state index in [0.29, 0.717) is 38.3 Å². The maximum absolute atomic E-state index is 14.5. The van der Waals surface area contributed by atoms with Crippen LogP contribution in [0, 0.1) is 11.8 Å². The molecular formula is C32H45N3O5S. The van der Waals surface area contributed by atoms with Crippen molar-refractivity contribution in [3.8, 4) is 5.75 Å². The molecule has 0 radical (unpaired) electrons. The highest BCUT2D eigenvalue weighted by Gasteiger charge is 2.77. The van der Waals surface area contributed by atoms with Gasteiger partial charge in [-0.15, -0.1) is 24.9 Å². The number of fused-ring (bicyclic) bond motifs is 1. The first kappa shape index (κ1) is 31.2. The number of aliphatic hydroxyl groups is 1. The molecule has 2 unspecified atom stereocenters. The van der Waals surface area contributed by atoms with Crippen LogP contribution in [0.2, 0.25) is 0 Å². The number of amides is 3. The molecule has 3 aliphatic heterocycles. The Morgan fingerprint density at radius 3 is 2.44 bits per heavy atom. The van der Waals surface area contributed by atoms with Crippen molar-refractivity contribution >= 4 is 35.2 Å². The monoisotopic (exact) mass is 583 g/mol. The van der Waals surface area contributed by atoms with Crippen molar-refractivity contribution in [2.24, 2.45) is 11.8 Å². The van der Waals surface area contributed by atoms with Crippen molar-refractivity contribution in [3.63, 3.8) is 0 Å². The number of ether oxygens (including phenoxy) is 1. The van der Waals surface area contributed by atoms with E-state index in [0.717, 1.165) is 31.4 Å². The van der Waals surface area contributed by atoms with Gasteiger partial charge < -0.3 is 24.5 Å². The van der Waals surface area contributed by atoms with E-state index in [-0.39, 0.29) is 30.9 Å². The summed E-state index contributed by atoms with van der Waals surface area (Å²) in [5.41, 5.74) is 0.710. The number of rotatable bonds is 15. The number of β-amino-alcohol motifs (C(OH)–C–C–N with tert-alkyl or cyclic N) is 1. The van der Waals surface area contributed by atoms with Gasteiger partial charge in [-0.05, 0) is 57.4 Å². The largest absolute Gasteiger partial charge is 0.494 e. The van der Waals surface area contributed by atoms with Crippen molar-refractivity contribution in [1.82, 2.24) is 9.80 Å². The van der Waals surface area contributed by atoms with E-state index >= 15 is 0 Å². The predicted molar refractivity (Wildman–Crippen MR) is 164 cm³/mol. The molecule has 1 spiro atoms. The van der Waals surface area contributed by atoms with Gasteiger partial charge in [0, 0.05) is 36.6 Å². The van der Waals surface area contributed by atoms with Gasteiger partial charge in [-0.2, -0.15) is 0 Å². The normalized spacial score (nSPS) is 28.0. The molecule has 0 aromatic heterocycles. The zero-order chi connectivity index (χ0) is 29.8. The minimum Gasteiger partial charge on any atom is -0.494 e. The Hall–Kier alpha value is -2.78. The SMILES string of the molecule is C=CCN(CCCCC)C(=O)C1N(CCO)C(=O)[C@@H]2[C@H](C(=O)N(CC=C)c3ccc(OCC)cc3)[C@]3(C)CCC12S3. The summed E-state index contributed by atoms with van der Waals surface area (Å²) in [6.45, 7) is 15.5. The number of hydrogen-bond donors (Lipinski definition) is 1. The van der Waals surface area contributed by atoms with E-state index in [4.69, 9.17) is 4.74 Å². The van der Waals surface area contributed by atoms with Crippen LogP contribution in [0.15, 0.2) is 49.6 Å². The van der Waals surface area contributed by atoms with Crippen molar-refractivity contribution in [1.29, 1.82) is 0 Å². The lowest BCUT2D eigenvalue weighted by molar-refractivity contribution is -0.143. The number of benzene rings is 1. The van der Waals surface area contributed by atoms with E-state index in [1.54, 1.807) is 38.6 Å². The number of anilines is 1. The molecule has 3 amide bonds. The molecule has 1 aromatic carbocycles. The summed E-state index contributed by atoms with van der Waals surface area (Å²) in [5, 5.41) is 9.94. The lowest BCUT2D eigenvalue weighted by Gasteiger charge is -2.38. The Kier molecular flexibility index (Phi) is 9.90. The predicted octanol–water partition coefficient (Wildman–Crippen LogP) is 4.28. The molecule has 224 valence electrons. The first-order valence-corrected chi connectivity index (χ1v) is 15.7. The summed E-state index contributed by atoms with van der Waals surface area (Å²) in [6.07, 6.45) is 7.74. The molecule has 41 heavy (non-hydrogen) atoms. The first-order chi connectivity index (χ1) is 19.7. The molecule has 4 rings (SSSR count). The molecule has 3 fully saturated rings. The van der Waals surface area contributed by atoms with Crippen molar-refractivity contribution in [2.45, 2.75) is 68.4 Å². The molecule has 0 saturated carbocycles. The van der Waals surface area contributed by atoms with Gasteiger partial charge in [0.1, 0.15) is 11.8 Å². The van der Waals surface area contributed by atoms with Crippen LogP contribution in [0.25, 0.3) is 0 Å². The summed E-state index contributed by atoms with van der Waals surface area (Å²) in [7, 11) is 0. The van der Waals surface area contributed by atoms with Crippen LogP contribution in [0.3, 0.4) is 0 Å². The number of unbranched alkanes of at least 4 members (excludes halogenated alkanes) is 2. The van der Waals surface area contributed by atoms with Crippen molar-refractivity contribution < 1.29 is 24.2 Å². The van der Waals surface area contributed by atoms with Crippen LogP contribution >= 0.6 is 11.8 Å². The third kappa shape index (κ3) is 5.55. The Bertz CT molecular complexity index is 1140. The van der Waals surface area contributed by atoms with E-state index < -0.39 is 27.4 Å². The lowest BCUT2D eigenvalue weighted by Crippen LogP contribution is -2.55. The van der Waals surface area contributed by atoms with E-state index in [2.05, 4.69) is 27.0 Å². The zero-order valence-electron chi connectivity index (χ0n) is 24.7. The third-order valence-electron chi connectivity index (χ3n) is 8.85. The van der Waals surface area contributed by atoms with Crippen LogP contribution in [-0.4, -0.2) is 87.6 Å². The minimum absolute atomic E-state index is 0.0673. The first-order valence-electron chi connectivity index (χ1n) is 14.9. The highest BCUT2D eigenvalue weighted by molar-refractivity contribution is 8.02. The molecule has 3 aliphatic rings. The number of carbonyl (C=O) groups excluding carboxylic acids is 3. The van der Waals surface area contributed by atoms with Gasteiger partial charge in [0.2, 0.25) is 17.7 Å². The average molecular weight is 584 g/mol. The number of likely N-dealkylation sites (tertiary alicyclic amines) is 1. The quantitative estimate of drug-likeness (QED) is 0.245. The lowest BCUT2D eigenvalue weighted by atomic mass is 9.66. The molecule has 3 saturated heterocycles. The van der Waals surface area contributed by atoms with E-state index in [1.807, 2.05) is 31.2 Å². The number of thioether (sulfide) groups is 1. The van der Waals surface area contributed by atoms with Crippen LogP contribution in [0.4, 0.5) is 5.69 Å². The second kappa shape index (κ2) is 13.0. The number of carbonyl (C=O) groups is 3. The number of nitrogens with zero attached hydrogens (tertiary/aromatic N) is 3. The Balaban J connectivity index is 1.72. The fourth-order valence-electron chi connectivity index (χ4n) is 7.11. The van der Waals surface area contributed by atoms with Gasteiger partial charge >= 0.3 is 0 Å². The second-order valence-electron chi connectivity index (χ2n) is 11.4. The van der Waals surface area contributed by atoms with Gasteiger partial charge in [-0.1, -0.05) is 31.9 Å². The van der Waals surface area contributed by atoms with Gasteiger partial charge in [-0.25, -0.2) is 0 Å². The molecule has 0 aliphatic carbocycles. The Labute approximate surface area is 248 Å². The fraction of sp³-hybridized carbons (Fsp3) is 0.594. The van der Waals surface area contributed by atoms with Crippen LogP contribution in [0.5, 0.6) is 5.75 Å². The molecule has 9 heteroatoms. The highest BCUT2D eigenvalue weighted by Crippen LogP contribution is 2.71. The standard InChI is InChI=1S/C32H45N3O5S/c1-6-10-11-20-33(18-7-2)30(39)27-32-17-16-31(5,41-32)25(26(32)29(38)35(27)21-22-36)28(37)34(19-8-3)23-12-14-24(15-13-23)40-9-4/h7-8,12-15,25-27,36H,2-3,6,9-11,16-22H2,1,4-5H3/t25-,26+,27?,31+,32?/m1/s1. The smallest absolute Gasteiger partial charge is 0.247 e. The molecule has 5 atom stereocenters. The van der Waals surface area contributed by atoms with E-state index in [1.165, 1.54) is 0 Å². The van der Waals surface area contributed by atoms with Crippen LogP contribution in [0.1, 0.15) is 52.9 Å². The topological polar surface area (TPSA) is 90.4 Å². The van der Waals surface area contributed by atoms with Crippen molar-refractivity contribution in [3.05, 3.63) is 49.6 Å². The van der Waals surface area contributed by atoms with Gasteiger partial charge in [0.15, 0.2) is 0 Å². The maximum Gasteiger partial charge on any atom is 0.247 e. The summed E-state index contributed by atoms with van der Waals surface area (Å²) in [5.74, 6) is -0.970. The van der Waals surface area contributed by atoms with Crippen LogP contribution < -0.4 is 9.64 Å². The Morgan fingerprint density at radius 1 is 1.12 bits per heavy atom. The second-order valence-corrected chi connectivity index (χ2v) is 13.3. The minimum atomic E-state index is -0.725. The Morgan fingerprint density at radius 2 is 1.83 bits per heavy atom. The highest BCUT2D eigenvalue weighted by atomic mass is 32.2. The summed E-state index contributed by atoms with van der Waals surface area (Å²) < 4.78 is 4.37.